The Kier molecular flexibility index (Phi) is 4.01. The molecular formula is C15H20N4O2S. The van der Waals surface area contributed by atoms with E-state index in [1.807, 2.05) is 20.2 Å². The van der Waals surface area contributed by atoms with Crippen molar-refractivity contribution >= 4 is 17.2 Å². The maximum absolute atomic E-state index is 12.6. The molecule has 1 saturated carbocycles. The molecule has 0 aromatic carbocycles. The molecule has 6 nitrogen and oxygen atoms in total. The molecule has 0 aliphatic heterocycles. The third-order valence-corrected chi connectivity index (χ3v) is 5.40. The third-order valence-electron chi connectivity index (χ3n) is 4.20. The number of nitrogens with zero attached hydrogens (tertiary/aromatic N) is 3. The number of aryl methyl sites for hydroxylation is 2. The van der Waals surface area contributed by atoms with Crippen LogP contribution in [0.25, 0.3) is 10.6 Å². The van der Waals surface area contributed by atoms with Gasteiger partial charge in [-0.3, -0.25) is 9.48 Å². The molecule has 0 bridgehead atoms. The van der Waals surface area contributed by atoms with Crippen LogP contribution in [0.5, 0.6) is 0 Å². The van der Waals surface area contributed by atoms with Crippen molar-refractivity contribution < 1.29 is 9.90 Å². The number of carbonyl (C=O) groups is 1. The minimum atomic E-state index is -0.456. The van der Waals surface area contributed by atoms with Crippen molar-refractivity contribution in [3.8, 4) is 10.6 Å². The van der Waals surface area contributed by atoms with E-state index in [0.29, 0.717) is 10.6 Å². The first-order chi connectivity index (χ1) is 10.5. The molecule has 2 heterocycles. The van der Waals surface area contributed by atoms with Crippen molar-refractivity contribution in [3.05, 3.63) is 23.0 Å². The van der Waals surface area contributed by atoms with Crippen LogP contribution in [0.15, 0.2) is 12.4 Å². The molecule has 0 saturated heterocycles. The first-order valence-electron chi connectivity index (χ1n) is 7.43. The van der Waals surface area contributed by atoms with E-state index in [1.54, 1.807) is 10.9 Å². The van der Waals surface area contributed by atoms with Crippen LogP contribution in [0.4, 0.5) is 0 Å². The quantitative estimate of drug-likeness (QED) is 0.901. The molecule has 0 spiro atoms. The molecule has 1 fully saturated rings. The van der Waals surface area contributed by atoms with Gasteiger partial charge in [0.15, 0.2) is 0 Å². The Morgan fingerprint density at radius 2 is 2.23 bits per heavy atom. The second-order valence-corrected chi connectivity index (χ2v) is 6.93. The molecule has 118 valence electrons. The monoisotopic (exact) mass is 320 g/mol. The normalized spacial score (nSPS) is 16.9. The van der Waals surface area contributed by atoms with Crippen molar-refractivity contribution in [1.82, 2.24) is 20.1 Å². The van der Waals surface area contributed by atoms with E-state index < -0.39 is 5.54 Å². The van der Waals surface area contributed by atoms with Crippen LogP contribution in [0, 0.1) is 6.92 Å². The predicted octanol–water partition coefficient (Wildman–Crippen LogP) is 1.89. The van der Waals surface area contributed by atoms with Crippen LogP contribution < -0.4 is 5.32 Å². The lowest BCUT2D eigenvalue weighted by atomic mass is 9.99. The molecule has 1 aliphatic carbocycles. The zero-order valence-corrected chi connectivity index (χ0v) is 13.6. The molecule has 2 N–H and O–H groups in total. The van der Waals surface area contributed by atoms with Crippen LogP contribution in [0.3, 0.4) is 0 Å². The maximum Gasteiger partial charge on any atom is 0.263 e. The van der Waals surface area contributed by atoms with Gasteiger partial charge in [0.25, 0.3) is 5.91 Å². The topological polar surface area (TPSA) is 80.0 Å². The molecule has 0 radical (unpaired) electrons. The molecule has 7 heteroatoms. The van der Waals surface area contributed by atoms with E-state index in [-0.39, 0.29) is 12.5 Å². The van der Waals surface area contributed by atoms with Crippen molar-refractivity contribution in [3.63, 3.8) is 0 Å². The largest absolute Gasteiger partial charge is 0.394 e. The molecule has 0 unspecified atom stereocenters. The summed E-state index contributed by atoms with van der Waals surface area (Å²) in [6.07, 6.45) is 7.39. The first kappa shape index (κ1) is 15.2. The summed E-state index contributed by atoms with van der Waals surface area (Å²) in [5.74, 6) is -0.138. The van der Waals surface area contributed by atoms with Gasteiger partial charge in [0, 0.05) is 18.8 Å². The van der Waals surface area contributed by atoms with Gasteiger partial charge in [0.05, 0.1) is 24.0 Å². The summed E-state index contributed by atoms with van der Waals surface area (Å²) >= 11 is 1.37. The summed E-state index contributed by atoms with van der Waals surface area (Å²) in [7, 11) is 1.85. The second kappa shape index (κ2) is 5.81. The molecule has 2 aromatic rings. The Balaban J connectivity index is 1.82. The smallest absolute Gasteiger partial charge is 0.263 e. The second-order valence-electron chi connectivity index (χ2n) is 5.94. The SMILES string of the molecule is Cc1nc(-c2cnn(C)c2)sc1C(=O)NC1(CO)CCCC1. The Labute approximate surface area is 133 Å². The average molecular weight is 320 g/mol. The summed E-state index contributed by atoms with van der Waals surface area (Å²) in [6, 6.07) is 0. The van der Waals surface area contributed by atoms with Gasteiger partial charge in [-0.05, 0) is 19.8 Å². The van der Waals surface area contributed by atoms with E-state index in [2.05, 4.69) is 15.4 Å². The van der Waals surface area contributed by atoms with E-state index in [1.165, 1.54) is 11.3 Å². The lowest BCUT2D eigenvalue weighted by molar-refractivity contribution is 0.0842. The number of hydrogen-bond donors (Lipinski definition) is 2. The maximum atomic E-state index is 12.6. The molecule has 1 amide bonds. The number of amides is 1. The van der Waals surface area contributed by atoms with Gasteiger partial charge in [-0.15, -0.1) is 11.3 Å². The van der Waals surface area contributed by atoms with Crippen molar-refractivity contribution in [1.29, 1.82) is 0 Å². The van der Waals surface area contributed by atoms with Gasteiger partial charge in [-0.1, -0.05) is 12.8 Å². The molecular weight excluding hydrogens is 300 g/mol. The lowest BCUT2D eigenvalue weighted by Crippen LogP contribution is -2.49. The third kappa shape index (κ3) is 2.78. The summed E-state index contributed by atoms with van der Waals surface area (Å²) in [4.78, 5) is 17.7. The number of thiazole rings is 1. The number of rotatable bonds is 4. The van der Waals surface area contributed by atoms with Crippen molar-refractivity contribution in [2.75, 3.05) is 6.61 Å². The van der Waals surface area contributed by atoms with Gasteiger partial charge in [0.2, 0.25) is 0 Å². The Morgan fingerprint density at radius 1 is 1.50 bits per heavy atom. The number of aliphatic hydroxyl groups excluding tert-OH is 1. The highest BCUT2D eigenvalue weighted by molar-refractivity contribution is 7.17. The molecule has 22 heavy (non-hydrogen) atoms. The Bertz CT molecular complexity index is 686. The van der Waals surface area contributed by atoms with Gasteiger partial charge in [0.1, 0.15) is 9.88 Å². The summed E-state index contributed by atoms with van der Waals surface area (Å²) in [5.41, 5.74) is 1.17. The van der Waals surface area contributed by atoms with Crippen LogP contribution in [0.2, 0.25) is 0 Å². The zero-order valence-electron chi connectivity index (χ0n) is 12.8. The van der Waals surface area contributed by atoms with Gasteiger partial charge >= 0.3 is 0 Å². The van der Waals surface area contributed by atoms with Crippen LogP contribution in [-0.4, -0.2) is 37.9 Å². The van der Waals surface area contributed by atoms with E-state index in [4.69, 9.17) is 0 Å². The van der Waals surface area contributed by atoms with E-state index in [9.17, 15) is 9.90 Å². The van der Waals surface area contributed by atoms with Crippen molar-refractivity contribution in [2.45, 2.75) is 38.1 Å². The fraction of sp³-hybridized carbons (Fsp3) is 0.533. The highest BCUT2D eigenvalue weighted by Gasteiger charge is 2.35. The fourth-order valence-corrected chi connectivity index (χ4v) is 3.87. The number of carbonyl (C=O) groups excluding carboxylic acids is 1. The van der Waals surface area contributed by atoms with Crippen molar-refractivity contribution in [2.24, 2.45) is 7.05 Å². The van der Waals surface area contributed by atoms with E-state index >= 15 is 0 Å². The molecule has 2 aromatic heterocycles. The van der Waals surface area contributed by atoms with Crippen LogP contribution >= 0.6 is 11.3 Å². The van der Waals surface area contributed by atoms with Gasteiger partial charge < -0.3 is 10.4 Å². The van der Waals surface area contributed by atoms with Crippen LogP contribution in [-0.2, 0) is 7.05 Å². The first-order valence-corrected chi connectivity index (χ1v) is 8.24. The average Bonchev–Trinajstić information content (AvgIpc) is 3.19. The number of hydrogen-bond acceptors (Lipinski definition) is 5. The lowest BCUT2D eigenvalue weighted by Gasteiger charge is -2.27. The minimum Gasteiger partial charge on any atom is -0.394 e. The van der Waals surface area contributed by atoms with Gasteiger partial charge in [-0.2, -0.15) is 5.10 Å². The van der Waals surface area contributed by atoms with E-state index in [0.717, 1.165) is 36.3 Å². The standard InChI is InChI=1S/C15H20N4O2S/c1-10-12(13(21)18-15(9-20)5-3-4-6-15)22-14(17-10)11-7-16-19(2)8-11/h7-8,20H,3-6,9H2,1-2H3,(H,18,21). The Hall–Kier alpha value is -1.73. The van der Waals surface area contributed by atoms with Gasteiger partial charge in [-0.25, -0.2) is 4.98 Å². The number of nitrogens with one attached hydrogen (secondary N) is 1. The fourth-order valence-electron chi connectivity index (χ4n) is 2.93. The number of aromatic nitrogens is 3. The minimum absolute atomic E-state index is 0.00788. The molecule has 0 atom stereocenters. The summed E-state index contributed by atoms with van der Waals surface area (Å²) < 4.78 is 1.71. The predicted molar refractivity (Wildman–Crippen MR) is 84.8 cm³/mol. The highest BCUT2D eigenvalue weighted by Crippen LogP contribution is 2.31. The highest BCUT2D eigenvalue weighted by atomic mass is 32.1. The Morgan fingerprint density at radius 3 is 2.82 bits per heavy atom. The van der Waals surface area contributed by atoms with Crippen LogP contribution in [0.1, 0.15) is 41.0 Å². The zero-order chi connectivity index (χ0) is 15.7. The molecule has 3 rings (SSSR count). The number of aliphatic hydroxyl groups is 1. The molecule has 1 aliphatic rings. The summed E-state index contributed by atoms with van der Waals surface area (Å²) in [6.45, 7) is 1.83. The summed E-state index contributed by atoms with van der Waals surface area (Å²) in [5, 5.41) is 17.6.